The maximum Gasteiger partial charge on any atom is 0.265 e. The highest BCUT2D eigenvalue weighted by Gasteiger charge is 2.31. The molecule has 2 aromatic rings. The van der Waals surface area contributed by atoms with Crippen LogP contribution in [0.15, 0.2) is 41.3 Å². The van der Waals surface area contributed by atoms with Crippen LogP contribution >= 0.6 is 0 Å². The fraction of sp³-hybridized carbons (Fsp3) is 0.364. The maximum absolute atomic E-state index is 13.1. The molecule has 0 saturated heterocycles. The van der Waals surface area contributed by atoms with E-state index in [0.29, 0.717) is 29.1 Å². The van der Waals surface area contributed by atoms with Crippen molar-refractivity contribution in [3.8, 4) is 5.75 Å². The van der Waals surface area contributed by atoms with Crippen LogP contribution in [0, 0.1) is 6.92 Å². The monoisotopic (exact) mass is 445 g/mol. The molecule has 2 aromatic carbocycles. The second-order valence-electron chi connectivity index (χ2n) is 7.48. The van der Waals surface area contributed by atoms with E-state index in [-0.39, 0.29) is 17.3 Å². The molecule has 0 fully saturated rings. The number of fused-ring (bicyclic) bond motifs is 1. The molecule has 3 rings (SSSR count). The molecular formula is C22H27N3O5S. The van der Waals surface area contributed by atoms with Gasteiger partial charge in [-0.25, -0.2) is 8.42 Å². The minimum atomic E-state index is -3.96. The Bertz CT molecular complexity index is 1110. The SMILES string of the molecule is CCc1cccc(NC(=O)CN(C)S(=O)(=O)c2cc3c(cc2C)NC(=O)C(CC)O3)c1. The smallest absolute Gasteiger partial charge is 0.265 e. The normalized spacial score (nSPS) is 15.8. The number of aryl methyl sites for hydroxylation is 2. The standard InChI is InChI=1S/C22H27N3O5S/c1-5-15-8-7-9-16(11-15)23-21(26)13-25(4)31(28,29)20-12-19-17(10-14(20)3)24-22(27)18(6-2)30-19/h7-12,18H,5-6,13H2,1-4H3,(H,23,26)(H,24,27). The Balaban J connectivity index is 1.79. The van der Waals surface area contributed by atoms with Crippen LogP contribution in [-0.4, -0.2) is 44.2 Å². The van der Waals surface area contributed by atoms with Crippen LogP contribution in [0.5, 0.6) is 5.75 Å². The van der Waals surface area contributed by atoms with Gasteiger partial charge >= 0.3 is 0 Å². The minimum absolute atomic E-state index is 0.0283. The van der Waals surface area contributed by atoms with Crippen LogP contribution in [-0.2, 0) is 26.0 Å². The number of carbonyl (C=O) groups excluding carboxylic acids is 2. The maximum atomic E-state index is 13.1. The molecule has 1 heterocycles. The van der Waals surface area contributed by atoms with Crippen LogP contribution in [0.3, 0.4) is 0 Å². The van der Waals surface area contributed by atoms with Crippen molar-refractivity contribution < 1.29 is 22.7 Å². The molecule has 0 bridgehead atoms. The summed E-state index contributed by atoms with van der Waals surface area (Å²) in [4.78, 5) is 24.5. The van der Waals surface area contributed by atoms with Gasteiger partial charge in [0.05, 0.1) is 17.1 Å². The van der Waals surface area contributed by atoms with Gasteiger partial charge in [-0.3, -0.25) is 9.59 Å². The predicted molar refractivity (Wildman–Crippen MR) is 119 cm³/mol. The molecule has 2 N–H and O–H groups in total. The number of nitrogens with one attached hydrogen (secondary N) is 2. The molecule has 0 aliphatic carbocycles. The molecular weight excluding hydrogens is 418 g/mol. The lowest BCUT2D eigenvalue weighted by Crippen LogP contribution is -2.37. The van der Waals surface area contributed by atoms with Crippen LogP contribution in [0.1, 0.15) is 31.4 Å². The number of hydrogen-bond donors (Lipinski definition) is 2. The van der Waals surface area contributed by atoms with Gasteiger partial charge in [-0.2, -0.15) is 4.31 Å². The van der Waals surface area contributed by atoms with E-state index < -0.39 is 22.0 Å². The topological polar surface area (TPSA) is 105 Å². The van der Waals surface area contributed by atoms with Gasteiger partial charge in [-0.15, -0.1) is 0 Å². The number of carbonyl (C=O) groups is 2. The van der Waals surface area contributed by atoms with Crippen LogP contribution in [0.4, 0.5) is 11.4 Å². The first-order chi connectivity index (χ1) is 14.6. The molecule has 0 radical (unpaired) electrons. The van der Waals surface area contributed by atoms with Gasteiger partial charge in [-0.05, 0) is 49.1 Å². The fourth-order valence-electron chi connectivity index (χ4n) is 3.36. The zero-order valence-electron chi connectivity index (χ0n) is 18.1. The highest BCUT2D eigenvalue weighted by molar-refractivity contribution is 7.89. The number of amides is 2. The van der Waals surface area contributed by atoms with E-state index in [1.54, 1.807) is 19.1 Å². The zero-order chi connectivity index (χ0) is 22.8. The summed E-state index contributed by atoms with van der Waals surface area (Å²) in [6, 6.07) is 10.4. The number of hydrogen-bond acceptors (Lipinski definition) is 5. The number of anilines is 2. The van der Waals surface area contributed by atoms with Crippen molar-refractivity contribution >= 4 is 33.2 Å². The van der Waals surface area contributed by atoms with Crippen LogP contribution in [0.25, 0.3) is 0 Å². The summed E-state index contributed by atoms with van der Waals surface area (Å²) >= 11 is 0. The molecule has 2 amide bonds. The number of likely N-dealkylation sites (N-methyl/N-ethyl adjacent to an activating group) is 1. The minimum Gasteiger partial charge on any atom is -0.478 e. The second-order valence-corrected chi connectivity index (χ2v) is 9.49. The Kier molecular flexibility index (Phi) is 6.66. The Morgan fingerprint density at radius 2 is 1.97 bits per heavy atom. The summed E-state index contributed by atoms with van der Waals surface area (Å²) in [5.41, 5.74) is 2.57. The van der Waals surface area contributed by atoms with Crippen molar-refractivity contribution in [2.75, 3.05) is 24.2 Å². The van der Waals surface area contributed by atoms with E-state index in [1.165, 1.54) is 13.1 Å². The average molecular weight is 446 g/mol. The van der Waals surface area contributed by atoms with Crippen molar-refractivity contribution in [3.63, 3.8) is 0 Å². The van der Waals surface area contributed by atoms with Crippen molar-refractivity contribution in [2.45, 2.75) is 44.6 Å². The van der Waals surface area contributed by atoms with E-state index in [9.17, 15) is 18.0 Å². The number of nitrogens with zero attached hydrogens (tertiary/aromatic N) is 1. The Morgan fingerprint density at radius 3 is 2.65 bits per heavy atom. The lowest BCUT2D eigenvalue weighted by Gasteiger charge is -2.27. The summed E-state index contributed by atoms with van der Waals surface area (Å²) in [6.45, 7) is 5.11. The lowest BCUT2D eigenvalue weighted by atomic mass is 10.1. The molecule has 0 aromatic heterocycles. The van der Waals surface area contributed by atoms with Gasteiger partial charge in [0, 0.05) is 18.8 Å². The van der Waals surface area contributed by atoms with Crippen molar-refractivity contribution in [1.29, 1.82) is 0 Å². The van der Waals surface area contributed by atoms with Crippen molar-refractivity contribution in [3.05, 3.63) is 47.5 Å². The molecule has 0 spiro atoms. The van der Waals surface area contributed by atoms with Crippen LogP contribution in [0.2, 0.25) is 0 Å². The third-order valence-corrected chi connectivity index (χ3v) is 7.09. The summed E-state index contributed by atoms with van der Waals surface area (Å²) in [6.07, 6.45) is 0.616. The molecule has 1 unspecified atom stereocenters. The second kappa shape index (κ2) is 9.07. The summed E-state index contributed by atoms with van der Waals surface area (Å²) in [5.74, 6) is -0.403. The zero-order valence-corrected chi connectivity index (χ0v) is 18.9. The van der Waals surface area contributed by atoms with Gasteiger partial charge in [0.1, 0.15) is 5.75 Å². The van der Waals surface area contributed by atoms with Gasteiger partial charge < -0.3 is 15.4 Å². The van der Waals surface area contributed by atoms with Gasteiger partial charge in [-0.1, -0.05) is 26.0 Å². The molecule has 1 aliphatic rings. The van der Waals surface area contributed by atoms with Gasteiger partial charge in [0.15, 0.2) is 6.10 Å². The highest BCUT2D eigenvalue weighted by atomic mass is 32.2. The first kappa shape index (κ1) is 22.8. The van der Waals surface area contributed by atoms with E-state index in [4.69, 9.17) is 4.74 Å². The Labute approximate surface area is 182 Å². The largest absolute Gasteiger partial charge is 0.478 e. The molecule has 166 valence electrons. The third-order valence-electron chi connectivity index (χ3n) is 5.14. The van der Waals surface area contributed by atoms with Crippen molar-refractivity contribution in [2.24, 2.45) is 0 Å². The fourth-order valence-corrected chi connectivity index (χ4v) is 4.70. The molecule has 31 heavy (non-hydrogen) atoms. The number of rotatable bonds is 7. The molecule has 9 heteroatoms. The van der Waals surface area contributed by atoms with Gasteiger partial charge in [0.25, 0.3) is 5.91 Å². The third kappa shape index (κ3) is 4.88. The van der Waals surface area contributed by atoms with Crippen molar-refractivity contribution in [1.82, 2.24) is 4.31 Å². The summed E-state index contributed by atoms with van der Waals surface area (Å²) in [7, 11) is -2.61. The average Bonchev–Trinajstić information content (AvgIpc) is 2.72. The number of sulfonamides is 1. The molecule has 8 nitrogen and oxygen atoms in total. The quantitative estimate of drug-likeness (QED) is 0.682. The highest BCUT2D eigenvalue weighted by Crippen LogP contribution is 2.35. The molecule has 1 atom stereocenters. The Morgan fingerprint density at radius 1 is 1.23 bits per heavy atom. The predicted octanol–water partition coefficient (Wildman–Crippen LogP) is 2.93. The number of ether oxygens (including phenoxy) is 1. The Hall–Kier alpha value is -2.91. The first-order valence-electron chi connectivity index (χ1n) is 10.1. The summed E-state index contributed by atoms with van der Waals surface area (Å²) < 4.78 is 33.0. The summed E-state index contributed by atoms with van der Waals surface area (Å²) in [5, 5.41) is 5.48. The van der Waals surface area contributed by atoms with Gasteiger partial charge in [0.2, 0.25) is 15.9 Å². The lowest BCUT2D eigenvalue weighted by molar-refractivity contribution is -0.123. The number of benzene rings is 2. The van der Waals surface area contributed by atoms with Crippen LogP contribution < -0.4 is 15.4 Å². The molecule has 0 saturated carbocycles. The first-order valence-corrected chi connectivity index (χ1v) is 11.6. The van der Waals surface area contributed by atoms with E-state index in [1.807, 2.05) is 32.0 Å². The van der Waals surface area contributed by atoms with E-state index in [0.717, 1.165) is 16.3 Å². The van der Waals surface area contributed by atoms with E-state index in [2.05, 4.69) is 10.6 Å². The van der Waals surface area contributed by atoms with E-state index >= 15 is 0 Å². The molecule has 1 aliphatic heterocycles.